The predicted octanol–water partition coefficient (Wildman–Crippen LogP) is -1.10. The first-order chi connectivity index (χ1) is 7.04. The van der Waals surface area contributed by atoms with Crippen LogP contribution in [0, 0.1) is 0 Å². The van der Waals surface area contributed by atoms with E-state index in [9.17, 15) is 9.59 Å². The summed E-state index contributed by atoms with van der Waals surface area (Å²) in [6, 6.07) is 2.29. The van der Waals surface area contributed by atoms with Gasteiger partial charge in [-0.2, -0.15) is 0 Å². The third kappa shape index (κ3) is 2.90. The first-order valence-electron chi connectivity index (χ1n) is 4.27. The summed E-state index contributed by atoms with van der Waals surface area (Å²) >= 11 is 0. The molecule has 0 bridgehead atoms. The fraction of sp³-hybridized carbons (Fsp3) is 0.333. The van der Waals surface area contributed by atoms with E-state index in [0.717, 1.165) is 16.8 Å². The molecule has 82 valence electrons. The minimum absolute atomic E-state index is 0.0419. The van der Waals surface area contributed by atoms with Crippen molar-refractivity contribution in [1.82, 2.24) is 4.57 Å². The molecule has 15 heavy (non-hydrogen) atoms. The van der Waals surface area contributed by atoms with Crippen LogP contribution in [-0.4, -0.2) is 38.6 Å². The van der Waals surface area contributed by atoms with Crippen molar-refractivity contribution in [2.24, 2.45) is 0 Å². The molecule has 1 heterocycles. The van der Waals surface area contributed by atoms with Crippen molar-refractivity contribution >= 4 is 5.97 Å². The number of aliphatic hydroxyl groups excluding tert-OH is 2. The summed E-state index contributed by atoms with van der Waals surface area (Å²) in [7, 11) is 0. The number of nitrogens with zero attached hydrogens (tertiary/aromatic N) is 1. The molecule has 1 atom stereocenters. The van der Waals surface area contributed by atoms with Gasteiger partial charge in [-0.15, -0.1) is 0 Å². The second-order valence-electron chi connectivity index (χ2n) is 3.05. The highest BCUT2D eigenvalue weighted by atomic mass is 16.4. The lowest BCUT2D eigenvalue weighted by Crippen LogP contribution is -2.28. The summed E-state index contributed by atoms with van der Waals surface area (Å²) in [4.78, 5) is 21.8. The molecule has 0 amide bonds. The summed E-state index contributed by atoms with van der Waals surface area (Å²) in [5, 5.41) is 26.4. The van der Waals surface area contributed by atoms with E-state index in [4.69, 9.17) is 15.3 Å². The molecule has 0 aromatic carbocycles. The highest BCUT2D eigenvalue weighted by Crippen LogP contribution is 1.96. The average molecular weight is 213 g/mol. The van der Waals surface area contributed by atoms with Gasteiger partial charge in [-0.25, -0.2) is 4.79 Å². The zero-order valence-electron chi connectivity index (χ0n) is 7.83. The lowest BCUT2D eigenvalue weighted by atomic mass is 10.2. The Morgan fingerprint density at radius 2 is 2.13 bits per heavy atom. The van der Waals surface area contributed by atoms with Gasteiger partial charge in [-0.3, -0.25) is 4.79 Å². The van der Waals surface area contributed by atoms with Gasteiger partial charge in [0, 0.05) is 12.3 Å². The smallest absolute Gasteiger partial charge is 0.337 e. The standard InChI is InChI=1S/C9H11NO5/c11-5-7(12)4-10-3-6(9(14)15)1-2-8(10)13/h1-3,7,11-12H,4-5H2,(H,14,15). The van der Waals surface area contributed by atoms with Crippen LogP contribution in [0.3, 0.4) is 0 Å². The largest absolute Gasteiger partial charge is 0.478 e. The van der Waals surface area contributed by atoms with E-state index in [-0.39, 0.29) is 12.1 Å². The van der Waals surface area contributed by atoms with E-state index in [1.165, 1.54) is 6.07 Å². The molecular formula is C9H11NO5. The molecule has 1 aromatic rings. The number of aromatic nitrogens is 1. The maximum absolute atomic E-state index is 11.2. The first kappa shape index (κ1) is 11.4. The van der Waals surface area contributed by atoms with Gasteiger partial charge >= 0.3 is 5.97 Å². The van der Waals surface area contributed by atoms with Crippen LogP contribution in [0.25, 0.3) is 0 Å². The predicted molar refractivity (Wildman–Crippen MR) is 50.8 cm³/mol. The third-order valence-electron chi connectivity index (χ3n) is 1.85. The molecule has 1 rings (SSSR count). The van der Waals surface area contributed by atoms with Crippen molar-refractivity contribution in [1.29, 1.82) is 0 Å². The van der Waals surface area contributed by atoms with E-state index in [0.29, 0.717) is 0 Å². The van der Waals surface area contributed by atoms with Gasteiger partial charge in [0.25, 0.3) is 5.56 Å². The molecule has 0 fully saturated rings. The maximum atomic E-state index is 11.2. The van der Waals surface area contributed by atoms with Gasteiger partial charge in [0.15, 0.2) is 0 Å². The molecule has 0 aliphatic heterocycles. The van der Waals surface area contributed by atoms with Crippen LogP contribution in [0.5, 0.6) is 0 Å². The molecule has 1 unspecified atom stereocenters. The number of rotatable bonds is 4. The van der Waals surface area contributed by atoms with Crippen LogP contribution >= 0.6 is 0 Å². The molecule has 0 saturated heterocycles. The molecule has 3 N–H and O–H groups in total. The maximum Gasteiger partial charge on any atom is 0.337 e. The molecule has 0 aliphatic rings. The van der Waals surface area contributed by atoms with Crippen molar-refractivity contribution in [2.45, 2.75) is 12.6 Å². The first-order valence-corrected chi connectivity index (χ1v) is 4.27. The summed E-state index contributed by atoms with van der Waals surface area (Å²) in [5.74, 6) is -1.15. The van der Waals surface area contributed by atoms with Crippen LogP contribution in [-0.2, 0) is 6.54 Å². The Kier molecular flexibility index (Phi) is 3.59. The van der Waals surface area contributed by atoms with Crippen LogP contribution in [0.15, 0.2) is 23.1 Å². The highest BCUT2D eigenvalue weighted by molar-refractivity contribution is 5.87. The van der Waals surface area contributed by atoms with E-state index < -0.39 is 24.2 Å². The number of carboxylic acids is 1. The Balaban J connectivity index is 3.00. The van der Waals surface area contributed by atoms with Gasteiger partial charge in [-0.1, -0.05) is 0 Å². The highest BCUT2D eigenvalue weighted by Gasteiger charge is 2.08. The Morgan fingerprint density at radius 3 is 2.67 bits per heavy atom. The van der Waals surface area contributed by atoms with E-state index in [1.54, 1.807) is 0 Å². The van der Waals surface area contributed by atoms with Gasteiger partial charge in [0.2, 0.25) is 0 Å². The number of hydrogen-bond donors (Lipinski definition) is 3. The fourth-order valence-electron chi connectivity index (χ4n) is 1.09. The van der Waals surface area contributed by atoms with Crippen LogP contribution in [0.4, 0.5) is 0 Å². The fourth-order valence-corrected chi connectivity index (χ4v) is 1.09. The quantitative estimate of drug-likeness (QED) is 0.589. The Bertz CT molecular complexity index is 411. The van der Waals surface area contributed by atoms with E-state index in [1.807, 2.05) is 0 Å². The topological polar surface area (TPSA) is 99.8 Å². The van der Waals surface area contributed by atoms with Gasteiger partial charge in [-0.05, 0) is 6.07 Å². The number of hydrogen-bond acceptors (Lipinski definition) is 4. The summed E-state index contributed by atoms with van der Waals surface area (Å²) in [6.07, 6.45) is 0.0514. The van der Waals surface area contributed by atoms with E-state index >= 15 is 0 Å². The third-order valence-corrected chi connectivity index (χ3v) is 1.85. The lowest BCUT2D eigenvalue weighted by molar-refractivity contribution is 0.0690. The summed E-state index contributed by atoms with van der Waals surface area (Å²) < 4.78 is 1.05. The van der Waals surface area contributed by atoms with Crippen molar-refractivity contribution in [2.75, 3.05) is 6.61 Å². The van der Waals surface area contributed by atoms with Crippen molar-refractivity contribution in [3.63, 3.8) is 0 Å². The Hall–Kier alpha value is -1.66. The lowest BCUT2D eigenvalue weighted by Gasteiger charge is -2.09. The second kappa shape index (κ2) is 4.72. The molecule has 0 aliphatic carbocycles. The number of carboxylic acid groups (broad SMARTS) is 1. The molecule has 0 saturated carbocycles. The molecule has 6 heteroatoms. The summed E-state index contributed by atoms with van der Waals surface area (Å²) in [6.45, 7) is -0.611. The monoisotopic (exact) mass is 213 g/mol. The number of aliphatic hydroxyl groups is 2. The number of carbonyl (C=O) groups is 1. The zero-order chi connectivity index (χ0) is 11.4. The van der Waals surface area contributed by atoms with Gasteiger partial charge < -0.3 is 19.9 Å². The summed E-state index contributed by atoms with van der Waals surface area (Å²) in [5.41, 5.74) is -0.466. The van der Waals surface area contributed by atoms with Crippen LogP contribution in [0.2, 0.25) is 0 Å². The van der Waals surface area contributed by atoms with Gasteiger partial charge in [0.05, 0.1) is 24.8 Å². The van der Waals surface area contributed by atoms with Crippen molar-refractivity contribution in [3.05, 3.63) is 34.2 Å². The van der Waals surface area contributed by atoms with Gasteiger partial charge in [0.1, 0.15) is 0 Å². The Morgan fingerprint density at radius 1 is 1.47 bits per heavy atom. The van der Waals surface area contributed by atoms with Crippen molar-refractivity contribution in [3.8, 4) is 0 Å². The molecule has 6 nitrogen and oxygen atoms in total. The zero-order valence-corrected chi connectivity index (χ0v) is 7.83. The van der Waals surface area contributed by atoms with Crippen LogP contribution < -0.4 is 5.56 Å². The van der Waals surface area contributed by atoms with E-state index in [2.05, 4.69) is 0 Å². The Labute approximate surface area is 85.0 Å². The molecular weight excluding hydrogens is 202 g/mol. The van der Waals surface area contributed by atoms with Crippen molar-refractivity contribution < 1.29 is 20.1 Å². The molecule has 0 spiro atoms. The molecule has 0 radical (unpaired) electrons. The number of aromatic carboxylic acids is 1. The number of pyridine rings is 1. The average Bonchev–Trinajstić information content (AvgIpc) is 2.20. The normalized spacial score (nSPS) is 12.4. The molecule has 1 aromatic heterocycles. The SMILES string of the molecule is O=C(O)c1ccc(=O)n(CC(O)CO)c1. The van der Waals surface area contributed by atoms with Crippen LogP contribution in [0.1, 0.15) is 10.4 Å². The minimum atomic E-state index is -1.15. The minimum Gasteiger partial charge on any atom is -0.478 e. The second-order valence-corrected chi connectivity index (χ2v) is 3.05.